The quantitative estimate of drug-likeness (QED) is 0.825. The van der Waals surface area contributed by atoms with E-state index >= 15 is 0 Å². The van der Waals surface area contributed by atoms with E-state index in [-0.39, 0.29) is 11.6 Å². The smallest absolute Gasteiger partial charge is 0.267 e. The summed E-state index contributed by atoms with van der Waals surface area (Å²) in [5, 5.41) is 8.36. The number of aromatic nitrogens is 4. The molecule has 0 saturated carbocycles. The molecular weight excluding hydrogens is 218 g/mol. The maximum Gasteiger partial charge on any atom is 0.267 e. The minimum absolute atomic E-state index is 0.0111. The van der Waals surface area contributed by atoms with Gasteiger partial charge in [-0.25, -0.2) is 9.36 Å². The maximum atomic E-state index is 11.7. The molecule has 6 nitrogen and oxygen atoms in total. The monoisotopic (exact) mass is 233 g/mol. The van der Waals surface area contributed by atoms with E-state index in [1.54, 1.807) is 29.2 Å². The summed E-state index contributed by atoms with van der Waals surface area (Å²) in [5.41, 5.74) is 5.37. The first-order valence-electron chi connectivity index (χ1n) is 5.52. The molecule has 0 unspecified atom stereocenters. The summed E-state index contributed by atoms with van der Waals surface area (Å²) in [6, 6.07) is 4.95. The largest absolute Gasteiger partial charge is 0.330 e. The van der Waals surface area contributed by atoms with Crippen LogP contribution in [0.4, 0.5) is 0 Å². The molecule has 0 bridgehead atoms. The van der Waals surface area contributed by atoms with Crippen molar-refractivity contribution in [1.29, 1.82) is 0 Å². The van der Waals surface area contributed by atoms with Crippen molar-refractivity contribution in [1.82, 2.24) is 19.6 Å². The second-order valence-electron chi connectivity index (χ2n) is 3.85. The van der Waals surface area contributed by atoms with Crippen LogP contribution in [0.15, 0.2) is 35.4 Å². The van der Waals surface area contributed by atoms with Crippen LogP contribution < -0.4 is 11.3 Å². The van der Waals surface area contributed by atoms with Crippen molar-refractivity contribution < 1.29 is 0 Å². The zero-order valence-electron chi connectivity index (χ0n) is 9.65. The second-order valence-corrected chi connectivity index (χ2v) is 3.85. The van der Waals surface area contributed by atoms with Crippen LogP contribution in [0.5, 0.6) is 0 Å². The van der Waals surface area contributed by atoms with E-state index in [2.05, 4.69) is 10.2 Å². The van der Waals surface area contributed by atoms with Gasteiger partial charge >= 0.3 is 0 Å². The van der Waals surface area contributed by atoms with Crippen LogP contribution >= 0.6 is 0 Å². The van der Waals surface area contributed by atoms with Gasteiger partial charge in [-0.1, -0.05) is 0 Å². The Bertz CT molecular complexity index is 531. The van der Waals surface area contributed by atoms with Gasteiger partial charge in [-0.05, 0) is 32.0 Å². The van der Waals surface area contributed by atoms with E-state index in [0.717, 1.165) is 6.42 Å². The first kappa shape index (κ1) is 11.5. The molecule has 0 saturated heterocycles. The van der Waals surface area contributed by atoms with Crippen molar-refractivity contribution in [3.05, 3.63) is 40.9 Å². The fourth-order valence-corrected chi connectivity index (χ4v) is 1.62. The molecule has 2 heterocycles. The Kier molecular flexibility index (Phi) is 3.34. The lowest BCUT2D eigenvalue weighted by molar-refractivity contribution is 0.439. The van der Waals surface area contributed by atoms with Gasteiger partial charge in [0.2, 0.25) is 0 Å². The standard InChI is InChI=1S/C11H15N5O/c1-9(5-6-12)16-11(17)4-3-10(14-16)15-8-2-7-13-15/h2-4,7-9H,5-6,12H2,1H3/t9-/m1/s1. The Labute approximate surface area is 98.7 Å². The summed E-state index contributed by atoms with van der Waals surface area (Å²) < 4.78 is 3.06. The molecule has 2 aromatic rings. The highest BCUT2D eigenvalue weighted by Gasteiger charge is 2.08. The minimum Gasteiger partial charge on any atom is -0.330 e. The molecule has 0 amide bonds. The summed E-state index contributed by atoms with van der Waals surface area (Å²) >= 11 is 0. The third-order valence-corrected chi connectivity index (χ3v) is 2.55. The van der Waals surface area contributed by atoms with Crippen molar-refractivity contribution >= 4 is 0 Å². The van der Waals surface area contributed by atoms with Crippen molar-refractivity contribution in [3.8, 4) is 5.82 Å². The molecule has 0 aliphatic rings. The maximum absolute atomic E-state index is 11.7. The number of nitrogens with two attached hydrogens (primary N) is 1. The summed E-state index contributed by atoms with van der Waals surface area (Å²) in [4.78, 5) is 11.7. The molecule has 0 spiro atoms. The molecule has 0 aliphatic carbocycles. The Morgan fingerprint density at radius 3 is 2.94 bits per heavy atom. The fraction of sp³-hybridized carbons (Fsp3) is 0.364. The van der Waals surface area contributed by atoms with Crippen LogP contribution in [0.2, 0.25) is 0 Å². The van der Waals surface area contributed by atoms with Gasteiger partial charge in [0, 0.05) is 18.5 Å². The number of nitrogens with zero attached hydrogens (tertiary/aromatic N) is 4. The van der Waals surface area contributed by atoms with E-state index < -0.39 is 0 Å². The zero-order chi connectivity index (χ0) is 12.3. The highest BCUT2D eigenvalue weighted by atomic mass is 16.1. The molecule has 2 rings (SSSR count). The van der Waals surface area contributed by atoms with Crippen molar-refractivity contribution in [2.75, 3.05) is 6.54 Å². The summed E-state index contributed by atoms with van der Waals surface area (Å²) in [7, 11) is 0. The number of rotatable bonds is 4. The molecule has 0 aromatic carbocycles. The van der Waals surface area contributed by atoms with Crippen LogP contribution in [0, 0.1) is 0 Å². The van der Waals surface area contributed by atoms with E-state index in [9.17, 15) is 4.79 Å². The molecule has 17 heavy (non-hydrogen) atoms. The van der Waals surface area contributed by atoms with Gasteiger partial charge in [0.1, 0.15) is 0 Å². The highest BCUT2D eigenvalue weighted by Crippen LogP contribution is 2.06. The van der Waals surface area contributed by atoms with Crippen LogP contribution in [0.3, 0.4) is 0 Å². The number of hydrogen-bond donors (Lipinski definition) is 1. The summed E-state index contributed by atoms with van der Waals surface area (Å²) in [5.74, 6) is 0.624. The lowest BCUT2D eigenvalue weighted by Crippen LogP contribution is -2.27. The van der Waals surface area contributed by atoms with Crippen LogP contribution in [-0.4, -0.2) is 26.1 Å². The van der Waals surface area contributed by atoms with Crippen LogP contribution in [0.1, 0.15) is 19.4 Å². The fourth-order valence-electron chi connectivity index (χ4n) is 1.62. The zero-order valence-corrected chi connectivity index (χ0v) is 9.65. The third kappa shape index (κ3) is 2.42. The molecule has 2 aromatic heterocycles. The average Bonchev–Trinajstić information content (AvgIpc) is 2.83. The molecule has 0 fully saturated rings. The minimum atomic E-state index is -0.123. The lowest BCUT2D eigenvalue weighted by Gasteiger charge is -2.13. The first-order valence-corrected chi connectivity index (χ1v) is 5.52. The SMILES string of the molecule is C[C@H](CCN)n1nc(-n2cccn2)ccc1=O. The van der Waals surface area contributed by atoms with E-state index in [1.807, 2.05) is 6.92 Å². The van der Waals surface area contributed by atoms with Crippen molar-refractivity contribution in [2.45, 2.75) is 19.4 Å². The topological polar surface area (TPSA) is 78.7 Å². The van der Waals surface area contributed by atoms with Gasteiger partial charge in [0.15, 0.2) is 5.82 Å². The Morgan fingerprint density at radius 2 is 2.29 bits per heavy atom. The molecule has 2 N–H and O–H groups in total. The second kappa shape index (κ2) is 4.92. The van der Waals surface area contributed by atoms with Crippen LogP contribution in [0.25, 0.3) is 5.82 Å². The average molecular weight is 233 g/mol. The van der Waals surface area contributed by atoms with Crippen molar-refractivity contribution in [3.63, 3.8) is 0 Å². The summed E-state index contributed by atoms with van der Waals surface area (Å²) in [6.07, 6.45) is 4.17. The molecular formula is C11H15N5O. The van der Waals surface area contributed by atoms with Gasteiger partial charge in [-0.15, -0.1) is 5.10 Å². The molecule has 6 heteroatoms. The predicted molar refractivity (Wildman–Crippen MR) is 64.0 cm³/mol. The Morgan fingerprint density at radius 1 is 1.47 bits per heavy atom. The van der Waals surface area contributed by atoms with Gasteiger partial charge in [0.25, 0.3) is 5.56 Å². The Hall–Kier alpha value is -1.95. The molecule has 90 valence electrons. The van der Waals surface area contributed by atoms with Gasteiger partial charge < -0.3 is 5.73 Å². The predicted octanol–water partition coefficient (Wildman–Crippen LogP) is 0.339. The van der Waals surface area contributed by atoms with E-state index in [0.29, 0.717) is 12.4 Å². The summed E-state index contributed by atoms with van der Waals surface area (Å²) in [6.45, 7) is 2.45. The van der Waals surface area contributed by atoms with E-state index in [1.165, 1.54) is 10.7 Å². The van der Waals surface area contributed by atoms with Gasteiger partial charge in [0.05, 0.1) is 6.04 Å². The number of hydrogen-bond acceptors (Lipinski definition) is 4. The highest BCUT2D eigenvalue weighted by molar-refractivity contribution is 5.17. The molecule has 0 radical (unpaired) electrons. The lowest BCUT2D eigenvalue weighted by atomic mass is 10.2. The van der Waals surface area contributed by atoms with Crippen LogP contribution in [-0.2, 0) is 0 Å². The van der Waals surface area contributed by atoms with Crippen molar-refractivity contribution in [2.24, 2.45) is 5.73 Å². The molecule has 0 aliphatic heterocycles. The molecule has 1 atom stereocenters. The Balaban J connectivity index is 2.39. The van der Waals surface area contributed by atoms with Gasteiger partial charge in [-0.3, -0.25) is 4.79 Å². The first-order chi connectivity index (χ1) is 8.22. The third-order valence-electron chi connectivity index (χ3n) is 2.55. The van der Waals surface area contributed by atoms with Gasteiger partial charge in [-0.2, -0.15) is 5.10 Å². The van der Waals surface area contributed by atoms with E-state index in [4.69, 9.17) is 5.73 Å². The normalized spacial score (nSPS) is 12.6.